The molecule has 7 rings (SSSR count). The Hall–Kier alpha value is -4.88. The van der Waals surface area contributed by atoms with E-state index in [4.69, 9.17) is 9.47 Å². The fourth-order valence-electron chi connectivity index (χ4n) is 6.17. The molecule has 47 heavy (non-hydrogen) atoms. The molecule has 244 valence electrons. The van der Waals surface area contributed by atoms with Crippen LogP contribution in [0.1, 0.15) is 39.2 Å². The lowest BCUT2D eigenvalue weighted by atomic mass is 10.0. The molecule has 2 saturated heterocycles. The Bertz CT molecular complexity index is 1840. The Morgan fingerprint density at radius 2 is 1.87 bits per heavy atom. The van der Waals surface area contributed by atoms with E-state index in [1.54, 1.807) is 11.0 Å². The van der Waals surface area contributed by atoms with Gasteiger partial charge in [-0.1, -0.05) is 17.3 Å². The zero-order valence-corrected chi connectivity index (χ0v) is 27.0. The van der Waals surface area contributed by atoms with Crippen molar-refractivity contribution in [2.75, 3.05) is 44.3 Å². The first kappa shape index (κ1) is 30.8. The van der Waals surface area contributed by atoms with E-state index < -0.39 is 5.60 Å². The van der Waals surface area contributed by atoms with Gasteiger partial charge < -0.3 is 24.7 Å². The van der Waals surface area contributed by atoms with E-state index in [0.717, 1.165) is 90.6 Å². The maximum Gasteiger partial charge on any atom is 0.407 e. The average molecular weight is 637 g/mol. The molecule has 0 spiro atoms. The highest BCUT2D eigenvalue weighted by Crippen LogP contribution is 2.30. The molecule has 2 fully saturated rings. The Morgan fingerprint density at radius 1 is 1.04 bits per heavy atom. The van der Waals surface area contributed by atoms with Crippen molar-refractivity contribution in [1.29, 1.82) is 0 Å². The van der Waals surface area contributed by atoms with Crippen LogP contribution in [-0.4, -0.2) is 97.0 Å². The third-order valence-corrected chi connectivity index (χ3v) is 8.37. The number of anilines is 1. The molecule has 2 aliphatic heterocycles. The van der Waals surface area contributed by atoms with E-state index in [1.807, 2.05) is 51.4 Å². The van der Waals surface area contributed by atoms with Crippen molar-refractivity contribution in [2.45, 2.75) is 51.8 Å². The minimum atomic E-state index is -0.514. The summed E-state index contributed by atoms with van der Waals surface area (Å²) in [6.07, 6.45) is 6.91. The summed E-state index contributed by atoms with van der Waals surface area (Å²) in [5, 5.41) is 12.9. The molecule has 2 aliphatic rings. The molecule has 4 aromatic heterocycles. The van der Waals surface area contributed by atoms with Gasteiger partial charge in [-0.25, -0.2) is 19.4 Å². The molecule has 1 amide bonds. The predicted octanol–water partition coefficient (Wildman–Crippen LogP) is 4.59. The lowest BCUT2D eigenvalue weighted by molar-refractivity contribution is 0.0470. The van der Waals surface area contributed by atoms with Gasteiger partial charge in [-0.2, -0.15) is 0 Å². The van der Waals surface area contributed by atoms with Crippen molar-refractivity contribution in [3.63, 3.8) is 0 Å². The van der Waals surface area contributed by atoms with Gasteiger partial charge in [0.15, 0.2) is 0 Å². The van der Waals surface area contributed by atoms with Crippen LogP contribution in [0.25, 0.3) is 39.4 Å². The van der Waals surface area contributed by atoms with Crippen molar-refractivity contribution in [3.05, 3.63) is 66.7 Å². The number of alkyl carbamates (subject to hydrolysis) is 1. The monoisotopic (exact) mass is 636 g/mol. The number of morpholine rings is 1. The van der Waals surface area contributed by atoms with Gasteiger partial charge in [-0.3, -0.25) is 9.88 Å². The van der Waals surface area contributed by atoms with Crippen LogP contribution in [0, 0.1) is 0 Å². The molecule has 1 atom stereocenters. The number of H-pyrrole nitrogens is 1. The van der Waals surface area contributed by atoms with Crippen LogP contribution in [0.2, 0.25) is 0 Å². The fraction of sp³-hybridized carbons (Fsp3) is 0.412. The Labute approximate surface area is 273 Å². The highest BCUT2D eigenvalue weighted by atomic mass is 16.6. The van der Waals surface area contributed by atoms with Crippen molar-refractivity contribution in [2.24, 2.45) is 0 Å². The lowest BCUT2D eigenvalue weighted by Crippen LogP contribution is -2.48. The van der Waals surface area contributed by atoms with Gasteiger partial charge in [0.1, 0.15) is 29.1 Å². The van der Waals surface area contributed by atoms with E-state index in [1.165, 1.54) is 0 Å². The maximum absolute atomic E-state index is 12.3. The quantitative estimate of drug-likeness (QED) is 0.261. The zero-order valence-electron chi connectivity index (χ0n) is 27.0. The zero-order chi connectivity index (χ0) is 32.4. The largest absolute Gasteiger partial charge is 0.444 e. The van der Waals surface area contributed by atoms with Crippen LogP contribution in [0.5, 0.6) is 0 Å². The number of carbonyl (C=O) groups is 1. The molecule has 13 nitrogen and oxygen atoms in total. The normalized spacial score (nSPS) is 17.6. The number of nitrogens with one attached hydrogen (secondary N) is 2. The number of rotatable bonds is 7. The number of benzene rings is 1. The Balaban J connectivity index is 1.01. The number of ether oxygens (including phenoxy) is 2. The maximum atomic E-state index is 12.3. The first-order valence-electron chi connectivity index (χ1n) is 16.1. The molecule has 1 aromatic carbocycles. The number of hydrogen-bond acceptors (Lipinski definition) is 10. The van der Waals surface area contributed by atoms with Crippen LogP contribution in [0.15, 0.2) is 61.2 Å². The minimum Gasteiger partial charge on any atom is -0.444 e. The molecule has 0 radical (unpaired) electrons. The molecule has 6 heterocycles. The molecule has 2 N–H and O–H groups in total. The highest BCUT2D eigenvalue weighted by molar-refractivity contribution is 5.92. The Kier molecular flexibility index (Phi) is 8.56. The summed E-state index contributed by atoms with van der Waals surface area (Å²) in [6.45, 7) is 11.1. The summed E-state index contributed by atoms with van der Waals surface area (Å²) >= 11 is 0. The second-order valence-electron chi connectivity index (χ2n) is 13.1. The molecule has 13 heteroatoms. The van der Waals surface area contributed by atoms with E-state index in [2.05, 4.69) is 69.6 Å². The molecule has 0 unspecified atom stereocenters. The van der Waals surface area contributed by atoms with Gasteiger partial charge in [0.25, 0.3) is 0 Å². The van der Waals surface area contributed by atoms with Crippen molar-refractivity contribution >= 4 is 22.9 Å². The smallest absolute Gasteiger partial charge is 0.407 e. The van der Waals surface area contributed by atoms with Crippen LogP contribution < -0.4 is 10.2 Å². The topological polar surface area (TPSA) is 139 Å². The van der Waals surface area contributed by atoms with Crippen LogP contribution in [0.4, 0.5) is 10.6 Å². The first-order valence-corrected chi connectivity index (χ1v) is 16.1. The van der Waals surface area contributed by atoms with Crippen molar-refractivity contribution in [1.82, 2.24) is 45.1 Å². The SMILES string of the molecule is CC(C)(C)OC(=O)N[C@@H]1CCCN(Cc2ccnc(-c3cn(-c4ccc(-c5cc6c(N7CCOCC7)ncnc6[nH]5)cc4)nn3)c2)C1. The number of amides is 1. The predicted molar refractivity (Wildman–Crippen MR) is 178 cm³/mol. The standard InChI is InChI=1S/C34H40N10O3/c1-34(2,3)47-33(45)38-25-5-4-12-42(20-25)19-23-10-11-35-29(17-23)30-21-44(41-40-30)26-8-6-24(7-9-26)28-18-27-31(39-28)36-22-37-32(27)43-13-15-46-16-14-43/h6-11,17-18,21-22,25H,4-5,12-16,19-20H2,1-3H3,(H,38,45)(H,36,37,39)/t25-/m1/s1. The van der Waals surface area contributed by atoms with Gasteiger partial charge in [0.2, 0.25) is 0 Å². The van der Waals surface area contributed by atoms with Crippen molar-refractivity contribution < 1.29 is 14.3 Å². The van der Waals surface area contributed by atoms with Crippen LogP contribution >= 0.6 is 0 Å². The second kappa shape index (κ2) is 13.1. The summed E-state index contributed by atoms with van der Waals surface area (Å²) in [7, 11) is 0. The summed E-state index contributed by atoms with van der Waals surface area (Å²) in [5.41, 5.74) is 5.80. The first-order chi connectivity index (χ1) is 22.8. The number of aromatic nitrogens is 7. The van der Waals surface area contributed by atoms with Gasteiger partial charge in [0, 0.05) is 44.1 Å². The number of aromatic amines is 1. The van der Waals surface area contributed by atoms with Gasteiger partial charge in [-0.15, -0.1) is 5.10 Å². The number of carbonyl (C=O) groups excluding carboxylic acids is 1. The molecular weight excluding hydrogens is 596 g/mol. The van der Waals surface area contributed by atoms with Gasteiger partial charge in [-0.05, 0) is 81.6 Å². The number of piperidine rings is 1. The third kappa shape index (κ3) is 7.26. The number of likely N-dealkylation sites (tertiary alicyclic amines) is 1. The highest BCUT2D eigenvalue weighted by Gasteiger charge is 2.24. The summed E-state index contributed by atoms with van der Waals surface area (Å²) in [6, 6.07) is 14.4. The van der Waals surface area contributed by atoms with E-state index >= 15 is 0 Å². The van der Waals surface area contributed by atoms with Crippen LogP contribution in [-0.2, 0) is 16.0 Å². The molecule has 0 aliphatic carbocycles. The van der Waals surface area contributed by atoms with E-state index in [-0.39, 0.29) is 12.1 Å². The molecular formula is C34H40N10O3. The second-order valence-corrected chi connectivity index (χ2v) is 13.1. The van der Waals surface area contributed by atoms with Crippen molar-refractivity contribution in [3.8, 4) is 28.3 Å². The van der Waals surface area contributed by atoms with Crippen LogP contribution in [0.3, 0.4) is 0 Å². The number of pyridine rings is 1. The third-order valence-electron chi connectivity index (χ3n) is 8.37. The average Bonchev–Trinajstić information content (AvgIpc) is 3.73. The van der Waals surface area contributed by atoms with Gasteiger partial charge >= 0.3 is 6.09 Å². The Morgan fingerprint density at radius 3 is 2.68 bits per heavy atom. The number of hydrogen-bond donors (Lipinski definition) is 2. The summed E-state index contributed by atoms with van der Waals surface area (Å²) in [4.78, 5) is 34.0. The molecule has 0 saturated carbocycles. The summed E-state index contributed by atoms with van der Waals surface area (Å²) < 4.78 is 12.7. The lowest BCUT2D eigenvalue weighted by Gasteiger charge is -2.33. The number of fused-ring (bicyclic) bond motifs is 1. The summed E-state index contributed by atoms with van der Waals surface area (Å²) in [5.74, 6) is 0.931. The molecule has 5 aromatic rings. The number of nitrogens with zero attached hydrogens (tertiary/aromatic N) is 8. The molecule has 0 bridgehead atoms. The van der Waals surface area contributed by atoms with E-state index in [0.29, 0.717) is 18.9 Å². The fourth-order valence-corrected chi connectivity index (χ4v) is 6.17. The minimum absolute atomic E-state index is 0.0588. The van der Waals surface area contributed by atoms with Gasteiger partial charge in [0.05, 0.1) is 36.2 Å². The van der Waals surface area contributed by atoms with E-state index in [9.17, 15) is 4.79 Å².